The van der Waals surface area contributed by atoms with Crippen LogP contribution in [0.4, 0.5) is 0 Å². The zero-order chi connectivity index (χ0) is 24.7. The molecule has 0 spiro atoms. The molecule has 0 radical (unpaired) electrons. The summed E-state index contributed by atoms with van der Waals surface area (Å²) in [4.78, 5) is 10.0. The maximum Gasteiger partial charge on any atom is 0.0705 e. The van der Waals surface area contributed by atoms with Crippen molar-refractivity contribution in [3.05, 3.63) is 70.5 Å². The number of aryl methyl sites for hydroxylation is 2. The van der Waals surface area contributed by atoms with E-state index in [4.69, 9.17) is 9.97 Å². The van der Waals surface area contributed by atoms with Crippen molar-refractivity contribution < 1.29 is 0 Å². The first-order valence-electron chi connectivity index (χ1n) is 13.9. The molecule has 0 aliphatic heterocycles. The third kappa shape index (κ3) is 9.88. The molecule has 0 atom stereocenters. The molecule has 35 heavy (non-hydrogen) atoms. The zero-order valence-electron chi connectivity index (χ0n) is 21.9. The molecule has 2 aromatic heterocycles. The van der Waals surface area contributed by atoms with Crippen LogP contribution in [-0.4, -0.2) is 9.97 Å². The minimum absolute atomic E-state index is 1.04. The first kappa shape index (κ1) is 27.6. The number of halogens is 1. The topological polar surface area (TPSA) is 25.8 Å². The predicted molar refractivity (Wildman–Crippen MR) is 155 cm³/mol. The molecule has 0 aliphatic carbocycles. The summed E-state index contributed by atoms with van der Waals surface area (Å²) in [7, 11) is 0. The normalized spacial score (nSPS) is 11.2. The van der Waals surface area contributed by atoms with Gasteiger partial charge in [0.15, 0.2) is 0 Å². The van der Waals surface area contributed by atoms with E-state index in [2.05, 4.69) is 84.4 Å². The van der Waals surface area contributed by atoms with Gasteiger partial charge in [-0.1, -0.05) is 106 Å². The van der Waals surface area contributed by atoms with Crippen molar-refractivity contribution in [3.8, 4) is 22.5 Å². The summed E-state index contributed by atoms with van der Waals surface area (Å²) in [6.07, 6.45) is 17.9. The molecule has 0 amide bonds. The lowest BCUT2D eigenvalue weighted by atomic mass is 10.0. The van der Waals surface area contributed by atoms with Crippen molar-refractivity contribution in [3.63, 3.8) is 0 Å². The van der Waals surface area contributed by atoms with E-state index in [-0.39, 0.29) is 0 Å². The van der Waals surface area contributed by atoms with Crippen LogP contribution in [0.3, 0.4) is 0 Å². The number of pyridine rings is 2. The van der Waals surface area contributed by atoms with Gasteiger partial charge in [0.05, 0.1) is 11.4 Å². The first-order valence-corrected chi connectivity index (χ1v) is 14.7. The molecule has 0 N–H and O–H groups in total. The van der Waals surface area contributed by atoms with Gasteiger partial charge < -0.3 is 0 Å². The summed E-state index contributed by atoms with van der Waals surface area (Å²) >= 11 is 3.73. The summed E-state index contributed by atoms with van der Waals surface area (Å²) in [5.74, 6) is 0. The summed E-state index contributed by atoms with van der Waals surface area (Å²) < 4.78 is 1.07. The van der Waals surface area contributed by atoms with Crippen LogP contribution in [0.2, 0.25) is 0 Å². The Morgan fingerprint density at radius 3 is 1.43 bits per heavy atom. The highest BCUT2D eigenvalue weighted by molar-refractivity contribution is 9.10. The Balaban J connectivity index is 1.65. The van der Waals surface area contributed by atoms with E-state index in [1.165, 1.54) is 88.4 Å². The van der Waals surface area contributed by atoms with Gasteiger partial charge in [0.25, 0.3) is 0 Å². The Hall–Kier alpha value is -2.00. The average Bonchev–Trinajstić information content (AvgIpc) is 2.88. The van der Waals surface area contributed by atoms with E-state index in [1.54, 1.807) is 0 Å². The number of unbranched alkanes of at least 4 members (excludes halogenated alkanes) is 10. The van der Waals surface area contributed by atoms with Crippen LogP contribution in [-0.2, 0) is 12.8 Å². The Kier molecular flexibility index (Phi) is 12.5. The van der Waals surface area contributed by atoms with Crippen LogP contribution in [0.15, 0.2) is 59.1 Å². The fraction of sp³-hybridized carbons (Fsp3) is 0.500. The molecule has 0 unspecified atom stereocenters. The van der Waals surface area contributed by atoms with Crippen molar-refractivity contribution in [1.29, 1.82) is 0 Å². The van der Waals surface area contributed by atoms with Gasteiger partial charge in [-0.3, -0.25) is 9.97 Å². The first-order chi connectivity index (χ1) is 17.2. The highest BCUT2D eigenvalue weighted by Gasteiger charge is 2.08. The largest absolute Gasteiger partial charge is 0.253 e. The van der Waals surface area contributed by atoms with Gasteiger partial charge in [0, 0.05) is 27.0 Å². The standard InChI is InChI=1S/C32H43BrN2/c1-3-5-7-9-11-13-17-29-19-15-21-31(34-29)26-23-27(25-28(33)24-26)32-22-16-20-30(35-32)18-14-12-10-8-6-4-2/h15-16,19-25H,3-14,17-18H2,1-2H3. The molecule has 0 fully saturated rings. The third-order valence-corrected chi connectivity index (χ3v) is 7.13. The van der Waals surface area contributed by atoms with Crippen LogP contribution in [0, 0.1) is 0 Å². The maximum atomic E-state index is 5.00. The second kappa shape index (κ2) is 15.9. The molecule has 188 valence electrons. The number of benzene rings is 1. The van der Waals surface area contributed by atoms with Crippen molar-refractivity contribution in [2.45, 2.75) is 104 Å². The third-order valence-electron chi connectivity index (χ3n) is 6.68. The molecule has 3 aromatic rings. The van der Waals surface area contributed by atoms with E-state index in [0.717, 1.165) is 39.8 Å². The molecule has 0 saturated heterocycles. The molecule has 0 aliphatic rings. The van der Waals surface area contributed by atoms with Crippen molar-refractivity contribution in [2.24, 2.45) is 0 Å². The van der Waals surface area contributed by atoms with E-state index in [1.807, 2.05) is 0 Å². The van der Waals surface area contributed by atoms with Crippen molar-refractivity contribution in [2.75, 3.05) is 0 Å². The lowest BCUT2D eigenvalue weighted by Crippen LogP contribution is -1.95. The molecule has 3 rings (SSSR count). The maximum absolute atomic E-state index is 5.00. The van der Waals surface area contributed by atoms with Crippen molar-refractivity contribution in [1.82, 2.24) is 9.97 Å². The Labute approximate surface area is 222 Å². The molecule has 2 nitrogen and oxygen atoms in total. The Bertz CT molecular complexity index is 936. The van der Waals surface area contributed by atoms with E-state index in [9.17, 15) is 0 Å². The number of rotatable bonds is 16. The number of hydrogen-bond donors (Lipinski definition) is 0. The lowest BCUT2D eigenvalue weighted by molar-refractivity contribution is 0.605. The molecule has 0 bridgehead atoms. The summed E-state index contributed by atoms with van der Waals surface area (Å²) in [5.41, 5.74) is 6.75. The number of nitrogens with zero attached hydrogens (tertiary/aromatic N) is 2. The molecule has 0 saturated carbocycles. The second-order valence-electron chi connectivity index (χ2n) is 9.79. The smallest absolute Gasteiger partial charge is 0.0705 e. The lowest BCUT2D eigenvalue weighted by Gasteiger charge is -2.10. The van der Waals surface area contributed by atoms with E-state index in [0.29, 0.717) is 0 Å². The quantitative estimate of drug-likeness (QED) is 0.171. The zero-order valence-corrected chi connectivity index (χ0v) is 23.5. The van der Waals surface area contributed by atoms with E-state index >= 15 is 0 Å². The highest BCUT2D eigenvalue weighted by Crippen LogP contribution is 2.29. The van der Waals surface area contributed by atoms with Gasteiger partial charge >= 0.3 is 0 Å². The van der Waals surface area contributed by atoms with Crippen LogP contribution < -0.4 is 0 Å². The molecule has 1 aromatic carbocycles. The number of hydrogen-bond acceptors (Lipinski definition) is 2. The molecular formula is C32H43BrN2. The summed E-state index contributed by atoms with van der Waals surface area (Å²) in [6.45, 7) is 4.54. The Morgan fingerprint density at radius 1 is 0.543 bits per heavy atom. The van der Waals surface area contributed by atoms with Crippen LogP contribution in [0.5, 0.6) is 0 Å². The summed E-state index contributed by atoms with van der Waals surface area (Å²) in [5, 5.41) is 0. The van der Waals surface area contributed by atoms with Crippen LogP contribution in [0.25, 0.3) is 22.5 Å². The fourth-order valence-corrected chi connectivity index (χ4v) is 5.11. The van der Waals surface area contributed by atoms with Crippen LogP contribution >= 0.6 is 15.9 Å². The molecular weight excluding hydrogens is 492 g/mol. The minimum Gasteiger partial charge on any atom is -0.253 e. The van der Waals surface area contributed by atoms with Gasteiger partial charge in [-0.25, -0.2) is 0 Å². The van der Waals surface area contributed by atoms with Crippen LogP contribution in [0.1, 0.15) is 102 Å². The van der Waals surface area contributed by atoms with Gasteiger partial charge in [-0.05, 0) is 68.1 Å². The average molecular weight is 536 g/mol. The second-order valence-corrected chi connectivity index (χ2v) is 10.7. The SMILES string of the molecule is CCCCCCCCc1cccc(-c2cc(Br)cc(-c3cccc(CCCCCCCC)n3)c2)n1. The molecule has 2 heterocycles. The van der Waals surface area contributed by atoms with Crippen molar-refractivity contribution >= 4 is 15.9 Å². The van der Waals surface area contributed by atoms with Gasteiger partial charge in [-0.2, -0.15) is 0 Å². The minimum atomic E-state index is 1.04. The van der Waals surface area contributed by atoms with Gasteiger partial charge in [0.1, 0.15) is 0 Å². The summed E-state index contributed by atoms with van der Waals surface area (Å²) in [6, 6.07) is 19.4. The highest BCUT2D eigenvalue weighted by atomic mass is 79.9. The Morgan fingerprint density at radius 2 is 0.971 bits per heavy atom. The number of aromatic nitrogens is 2. The van der Waals surface area contributed by atoms with Gasteiger partial charge in [-0.15, -0.1) is 0 Å². The monoisotopic (exact) mass is 534 g/mol. The van der Waals surface area contributed by atoms with Gasteiger partial charge in [0.2, 0.25) is 0 Å². The fourth-order valence-electron chi connectivity index (χ4n) is 4.62. The van der Waals surface area contributed by atoms with E-state index < -0.39 is 0 Å². The predicted octanol–water partition coefficient (Wildman–Crippen LogP) is 10.4. The molecule has 3 heteroatoms.